The van der Waals surface area contributed by atoms with Gasteiger partial charge in [0.25, 0.3) is 0 Å². The molecule has 0 spiro atoms. The minimum absolute atomic E-state index is 0.0463. The maximum Gasteiger partial charge on any atom is 0.399 e. The molecule has 3 nitrogen and oxygen atoms in total. The molecule has 1 heterocycles. The summed E-state index contributed by atoms with van der Waals surface area (Å²) in [6.45, 7) is 1.28. The molecule has 0 fully saturated rings. The molecule has 0 saturated carbocycles. The van der Waals surface area contributed by atoms with E-state index in [1.165, 1.54) is 19.1 Å². The predicted molar refractivity (Wildman–Crippen MR) is 66.8 cm³/mol. The minimum Gasteiger partial charge on any atom is -0.461 e. The van der Waals surface area contributed by atoms with Crippen molar-refractivity contribution in [3.8, 4) is 0 Å². The molecular formula is C12H8Cl2F2O3. The summed E-state index contributed by atoms with van der Waals surface area (Å²) in [6.07, 6.45) is 0. The third-order valence-electron chi connectivity index (χ3n) is 2.38. The minimum atomic E-state index is -3.87. The lowest BCUT2D eigenvalue weighted by atomic mass is 10.2. The van der Waals surface area contributed by atoms with E-state index < -0.39 is 17.7 Å². The second kappa shape index (κ2) is 4.98. The van der Waals surface area contributed by atoms with Gasteiger partial charge in [0, 0.05) is 10.4 Å². The average Bonchev–Trinajstić information content (AvgIpc) is 2.73. The van der Waals surface area contributed by atoms with Crippen LogP contribution >= 0.6 is 23.2 Å². The lowest BCUT2D eigenvalue weighted by Crippen LogP contribution is -2.27. The molecule has 0 aliphatic rings. The maximum absolute atomic E-state index is 13.8. The van der Waals surface area contributed by atoms with E-state index in [2.05, 4.69) is 4.74 Å². The molecule has 0 saturated heterocycles. The van der Waals surface area contributed by atoms with Gasteiger partial charge in [0.2, 0.25) is 0 Å². The monoisotopic (exact) mass is 308 g/mol. The van der Waals surface area contributed by atoms with E-state index in [0.29, 0.717) is 0 Å². The first-order valence-corrected chi connectivity index (χ1v) is 6.06. The Hall–Kier alpha value is -1.33. The van der Waals surface area contributed by atoms with Crippen LogP contribution in [0, 0.1) is 0 Å². The molecule has 0 aliphatic carbocycles. The first-order chi connectivity index (χ1) is 8.86. The van der Waals surface area contributed by atoms with Crippen LogP contribution < -0.4 is 0 Å². The van der Waals surface area contributed by atoms with Crippen molar-refractivity contribution in [2.75, 3.05) is 6.61 Å². The molecule has 1 aromatic carbocycles. The van der Waals surface area contributed by atoms with Crippen molar-refractivity contribution < 1.29 is 22.7 Å². The standard InChI is InChI=1S/C12H8Cl2F2O3/c1-2-18-11(17)12(15,16)9-4-6-3-7(13)5-8(14)10(6)19-9/h3-5H,2H2,1H3. The van der Waals surface area contributed by atoms with Crippen LogP contribution in [0.1, 0.15) is 12.7 Å². The Bertz CT molecular complexity index is 637. The van der Waals surface area contributed by atoms with Crippen LogP contribution in [0.3, 0.4) is 0 Å². The van der Waals surface area contributed by atoms with Gasteiger partial charge in [-0.1, -0.05) is 23.2 Å². The zero-order valence-corrected chi connectivity index (χ0v) is 11.2. The van der Waals surface area contributed by atoms with Crippen LogP contribution in [0.15, 0.2) is 22.6 Å². The van der Waals surface area contributed by atoms with E-state index in [9.17, 15) is 13.6 Å². The number of ether oxygens (including phenoxy) is 1. The van der Waals surface area contributed by atoms with Crippen LogP contribution in [0.5, 0.6) is 0 Å². The van der Waals surface area contributed by atoms with Gasteiger partial charge in [0.1, 0.15) is 0 Å². The Morgan fingerprint density at radius 1 is 1.37 bits per heavy atom. The Morgan fingerprint density at radius 2 is 2.05 bits per heavy atom. The summed E-state index contributed by atoms with van der Waals surface area (Å²) in [6, 6.07) is 3.79. The number of fused-ring (bicyclic) bond motifs is 1. The van der Waals surface area contributed by atoms with E-state index in [0.717, 1.165) is 6.07 Å². The molecule has 0 N–H and O–H groups in total. The molecule has 1 aromatic heterocycles. The van der Waals surface area contributed by atoms with Gasteiger partial charge in [-0.25, -0.2) is 4.79 Å². The van der Waals surface area contributed by atoms with Gasteiger partial charge in [-0.05, 0) is 25.1 Å². The maximum atomic E-state index is 13.8. The fourth-order valence-corrected chi connectivity index (χ4v) is 2.10. The highest BCUT2D eigenvalue weighted by Crippen LogP contribution is 2.37. The highest BCUT2D eigenvalue weighted by atomic mass is 35.5. The third-order valence-corrected chi connectivity index (χ3v) is 2.88. The highest BCUT2D eigenvalue weighted by molar-refractivity contribution is 6.38. The van der Waals surface area contributed by atoms with Gasteiger partial charge < -0.3 is 9.15 Å². The van der Waals surface area contributed by atoms with E-state index in [4.69, 9.17) is 27.6 Å². The van der Waals surface area contributed by atoms with Crippen molar-refractivity contribution in [3.63, 3.8) is 0 Å². The number of carbonyl (C=O) groups is 1. The summed E-state index contributed by atoms with van der Waals surface area (Å²) in [5.41, 5.74) is 0.0463. The van der Waals surface area contributed by atoms with Gasteiger partial charge >= 0.3 is 11.9 Å². The lowest BCUT2D eigenvalue weighted by molar-refractivity contribution is -0.175. The van der Waals surface area contributed by atoms with Gasteiger partial charge in [-0.3, -0.25) is 0 Å². The molecular weight excluding hydrogens is 301 g/mol. The van der Waals surface area contributed by atoms with Crippen LogP contribution in [0.4, 0.5) is 8.78 Å². The van der Waals surface area contributed by atoms with Gasteiger partial charge in [-0.2, -0.15) is 8.78 Å². The summed E-state index contributed by atoms with van der Waals surface area (Å²) < 4.78 is 36.8. The molecule has 0 unspecified atom stereocenters. The largest absolute Gasteiger partial charge is 0.461 e. The molecule has 0 amide bonds. The fourth-order valence-electron chi connectivity index (χ4n) is 1.55. The van der Waals surface area contributed by atoms with E-state index in [1.807, 2.05) is 0 Å². The molecule has 0 aliphatic heterocycles. The predicted octanol–water partition coefficient (Wildman–Crippen LogP) is 4.39. The molecule has 0 atom stereocenters. The number of furan rings is 1. The number of benzene rings is 1. The van der Waals surface area contributed by atoms with Crippen molar-refractivity contribution in [1.82, 2.24) is 0 Å². The SMILES string of the molecule is CCOC(=O)C(F)(F)c1cc2cc(Cl)cc(Cl)c2o1. The molecule has 0 bridgehead atoms. The number of esters is 1. The summed E-state index contributed by atoms with van der Waals surface area (Å²) in [4.78, 5) is 11.2. The molecule has 2 rings (SSSR count). The lowest BCUT2D eigenvalue weighted by Gasteiger charge is -2.11. The van der Waals surface area contributed by atoms with Crippen LogP contribution in [-0.4, -0.2) is 12.6 Å². The number of alkyl halides is 2. The van der Waals surface area contributed by atoms with Crippen LogP contribution in [-0.2, 0) is 15.5 Å². The zero-order chi connectivity index (χ0) is 14.2. The smallest absolute Gasteiger partial charge is 0.399 e. The topological polar surface area (TPSA) is 39.4 Å². The fraction of sp³-hybridized carbons (Fsp3) is 0.250. The quantitative estimate of drug-likeness (QED) is 0.789. The molecule has 0 radical (unpaired) electrons. The number of hydrogen-bond acceptors (Lipinski definition) is 3. The molecule has 2 aromatic rings. The van der Waals surface area contributed by atoms with Gasteiger partial charge in [-0.15, -0.1) is 0 Å². The number of carbonyl (C=O) groups excluding carboxylic acids is 1. The van der Waals surface area contributed by atoms with E-state index >= 15 is 0 Å². The van der Waals surface area contributed by atoms with Crippen LogP contribution in [0.25, 0.3) is 11.0 Å². The first kappa shape index (κ1) is 14.1. The Labute approximate surface area is 117 Å². The molecule has 102 valence electrons. The number of rotatable bonds is 3. The second-order valence-corrected chi connectivity index (χ2v) is 4.56. The average molecular weight is 309 g/mol. The Kier molecular flexibility index (Phi) is 3.69. The van der Waals surface area contributed by atoms with Crippen molar-refractivity contribution >= 4 is 40.1 Å². The van der Waals surface area contributed by atoms with Crippen molar-refractivity contribution in [2.24, 2.45) is 0 Å². The Morgan fingerprint density at radius 3 is 2.68 bits per heavy atom. The first-order valence-electron chi connectivity index (χ1n) is 5.30. The summed E-state index contributed by atoms with van der Waals surface area (Å²) >= 11 is 11.6. The zero-order valence-electron chi connectivity index (χ0n) is 9.68. The second-order valence-electron chi connectivity index (χ2n) is 3.71. The summed E-state index contributed by atoms with van der Waals surface area (Å²) in [5.74, 6) is -6.37. The van der Waals surface area contributed by atoms with Crippen molar-refractivity contribution in [3.05, 3.63) is 34.0 Å². The van der Waals surface area contributed by atoms with Crippen molar-refractivity contribution in [1.29, 1.82) is 0 Å². The Balaban J connectivity index is 2.52. The normalized spacial score (nSPS) is 11.8. The van der Waals surface area contributed by atoms with Gasteiger partial charge in [0.05, 0.1) is 11.6 Å². The van der Waals surface area contributed by atoms with E-state index in [1.54, 1.807) is 0 Å². The third kappa shape index (κ3) is 2.53. The number of halogens is 4. The number of hydrogen-bond donors (Lipinski definition) is 0. The highest BCUT2D eigenvalue weighted by Gasteiger charge is 2.46. The molecule has 7 heteroatoms. The summed E-state index contributed by atoms with van der Waals surface area (Å²) in [7, 11) is 0. The van der Waals surface area contributed by atoms with Crippen LogP contribution in [0.2, 0.25) is 10.0 Å². The van der Waals surface area contributed by atoms with Crippen molar-refractivity contribution in [2.45, 2.75) is 12.8 Å². The molecule has 19 heavy (non-hydrogen) atoms. The van der Waals surface area contributed by atoms with E-state index in [-0.39, 0.29) is 27.6 Å². The summed E-state index contributed by atoms with van der Waals surface area (Å²) in [5, 5.41) is 0.661. The van der Waals surface area contributed by atoms with Gasteiger partial charge in [0.15, 0.2) is 11.3 Å².